The van der Waals surface area contributed by atoms with Crippen molar-refractivity contribution in [1.29, 1.82) is 0 Å². The number of urea groups is 1. The van der Waals surface area contributed by atoms with Crippen molar-refractivity contribution in [3.05, 3.63) is 30.3 Å². The number of nitrogens with one attached hydrogen (secondary N) is 2. The number of morpholine rings is 1. The Morgan fingerprint density at radius 1 is 1.18 bits per heavy atom. The van der Waals surface area contributed by atoms with E-state index >= 15 is 0 Å². The molecule has 118 valence electrons. The predicted molar refractivity (Wildman–Crippen MR) is 81.3 cm³/mol. The number of carbonyl (C=O) groups is 2. The topological polar surface area (TPSA) is 73.9 Å². The maximum atomic E-state index is 12.1. The molecule has 7 heteroatoms. The van der Waals surface area contributed by atoms with Crippen molar-refractivity contribution < 1.29 is 14.3 Å². The molecule has 2 aliphatic heterocycles. The third-order valence-electron chi connectivity index (χ3n) is 3.80. The van der Waals surface area contributed by atoms with Crippen molar-refractivity contribution >= 4 is 17.6 Å². The molecule has 22 heavy (non-hydrogen) atoms. The van der Waals surface area contributed by atoms with Gasteiger partial charge in [-0.05, 0) is 12.1 Å². The van der Waals surface area contributed by atoms with Crippen LogP contribution in [0.5, 0.6) is 0 Å². The van der Waals surface area contributed by atoms with Crippen LogP contribution in [0.2, 0.25) is 0 Å². The fourth-order valence-electron chi connectivity index (χ4n) is 2.70. The summed E-state index contributed by atoms with van der Waals surface area (Å²) in [6.45, 7) is 3.08. The summed E-state index contributed by atoms with van der Waals surface area (Å²) in [6, 6.07) is 9.06. The van der Waals surface area contributed by atoms with Gasteiger partial charge in [0.15, 0.2) is 0 Å². The average molecular weight is 304 g/mol. The number of benzene rings is 1. The largest absolute Gasteiger partial charge is 0.379 e. The quantitative estimate of drug-likeness (QED) is 0.844. The first-order valence-electron chi connectivity index (χ1n) is 7.47. The van der Waals surface area contributed by atoms with E-state index in [-0.39, 0.29) is 18.0 Å². The van der Waals surface area contributed by atoms with Crippen molar-refractivity contribution in [1.82, 2.24) is 15.8 Å². The van der Waals surface area contributed by atoms with Crippen LogP contribution in [0.4, 0.5) is 10.5 Å². The van der Waals surface area contributed by atoms with E-state index in [1.54, 1.807) is 4.90 Å². The number of amides is 3. The van der Waals surface area contributed by atoms with E-state index in [2.05, 4.69) is 10.7 Å². The Kier molecular flexibility index (Phi) is 4.55. The SMILES string of the molecule is O=C(N[C@@H]1CC(=O)N(c2ccccc2)C1)NN1CCOCC1. The summed E-state index contributed by atoms with van der Waals surface area (Å²) in [7, 11) is 0. The van der Waals surface area contributed by atoms with E-state index in [9.17, 15) is 9.59 Å². The standard InChI is InChI=1S/C15H20N4O3/c20-14-10-12(11-19(14)13-4-2-1-3-5-13)16-15(21)17-18-6-8-22-9-7-18/h1-5,12H,6-11H2,(H2,16,17,21)/t12-/m1/s1. The van der Waals surface area contributed by atoms with Crippen molar-refractivity contribution in [2.24, 2.45) is 0 Å². The number of hydrazine groups is 1. The number of hydrogen-bond acceptors (Lipinski definition) is 4. The molecule has 1 aromatic carbocycles. The molecule has 0 aromatic heterocycles. The Morgan fingerprint density at radius 2 is 1.91 bits per heavy atom. The molecule has 2 heterocycles. The van der Waals surface area contributed by atoms with Gasteiger partial charge in [-0.25, -0.2) is 9.80 Å². The maximum absolute atomic E-state index is 12.1. The summed E-state index contributed by atoms with van der Waals surface area (Å²) < 4.78 is 5.23. The normalized spacial score (nSPS) is 22.6. The van der Waals surface area contributed by atoms with E-state index < -0.39 is 0 Å². The van der Waals surface area contributed by atoms with Gasteiger partial charge in [0.2, 0.25) is 5.91 Å². The molecule has 7 nitrogen and oxygen atoms in total. The Hall–Kier alpha value is -2.12. The summed E-state index contributed by atoms with van der Waals surface area (Å²) in [6.07, 6.45) is 0.325. The number of rotatable bonds is 3. The molecule has 2 aliphatic rings. The first kappa shape index (κ1) is 14.8. The molecule has 2 saturated heterocycles. The lowest BCUT2D eigenvalue weighted by atomic mass is 10.2. The summed E-state index contributed by atoms with van der Waals surface area (Å²) >= 11 is 0. The molecular formula is C15H20N4O3. The second-order valence-corrected chi connectivity index (χ2v) is 5.43. The molecule has 0 spiro atoms. The van der Waals surface area contributed by atoms with Crippen molar-refractivity contribution in [3.63, 3.8) is 0 Å². The summed E-state index contributed by atoms with van der Waals surface area (Å²) in [5, 5.41) is 4.69. The molecule has 1 atom stereocenters. The van der Waals surface area contributed by atoms with Crippen LogP contribution >= 0.6 is 0 Å². The number of para-hydroxylation sites is 1. The van der Waals surface area contributed by atoms with Crippen LogP contribution in [0.15, 0.2) is 30.3 Å². The minimum absolute atomic E-state index is 0.0304. The van der Waals surface area contributed by atoms with Crippen LogP contribution in [0.1, 0.15) is 6.42 Å². The Balaban J connectivity index is 1.51. The van der Waals surface area contributed by atoms with Crippen LogP contribution in [-0.4, -0.2) is 55.8 Å². The van der Waals surface area contributed by atoms with Crippen molar-refractivity contribution in [3.8, 4) is 0 Å². The van der Waals surface area contributed by atoms with Gasteiger partial charge < -0.3 is 15.0 Å². The number of anilines is 1. The monoisotopic (exact) mass is 304 g/mol. The first-order chi connectivity index (χ1) is 10.7. The molecule has 0 saturated carbocycles. The lowest BCUT2D eigenvalue weighted by molar-refractivity contribution is -0.117. The number of carbonyl (C=O) groups excluding carboxylic acids is 2. The zero-order valence-corrected chi connectivity index (χ0v) is 12.3. The zero-order valence-electron chi connectivity index (χ0n) is 12.3. The highest BCUT2D eigenvalue weighted by Gasteiger charge is 2.31. The second kappa shape index (κ2) is 6.76. The minimum Gasteiger partial charge on any atom is -0.379 e. The Bertz CT molecular complexity index is 531. The Labute approximate surface area is 129 Å². The molecule has 2 fully saturated rings. The van der Waals surface area contributed by atoms with Gasteiger partial charge in [-0.2, -0.15) is 0 Å². The van der Waals surface area contributed by atoms with E-state index in [1.807, 2.05) is 35.3 Å². The smallest absolute Gasteiger partial charge is 0.329 e. The number of nitrogens with zero attached hydrogens (tertiary/aromatic N) is 2. The molecular weight excluding hydrogens is 284 g/mol. The molecule has 3 amide bonds. The molecule has 1 aromatic rings. The van der Waals surface area contributed by atoms with Gasteiger partial charge in [0.25, 0.3) is 0 Å². The fourth-order valence-corrected chi connectivity index (χ4v) is 2.70. The number of ether oxygens (including phenoxy) is 1. The zero-order chi connectivity index (χ0) is 15.4. The van der Waals surface area contributed by atoms with Gasteiger partial charge in [-0.3, -0.25) is 10.2 Å². The summed E-state index contributed by atoms with van der Waals surface area (Å²) in [5.74, 6) is 0.0304. The number of hydrogen-bond donors (Lipinski definition) is 2. The van der Waals surface area contributed by atoms with E-state index in [0.29, 0.717) is 39.3 Å². The fraction of sp³-hybridized carbons (Fsp3) is 0.467. The molecule has 0 radical (unpaired) electrons. The van der Waals surface area contributed by atoms with Crippen LogP contribution in [-0.2, 0) is 9.53 Å². The van der Waals surface area contributed by atoms with Crippen LogP contribution in [0.3, 0.4) is 0 Å². The van der Waals surface area contributed by atoms with E-state index in [1.165, 1.54) is 0 Å². The molecule has 3 rings (SSSR count). The van der Waals surface area contributed by atoms with Gasteiger partial charge in [-0.15, -0.1) is 0 Å². The molecule has 0 bridgehead atoms. The van der Waals surface area contributed by atoms with Crippen LogP contribution < -0.4 is 15.6 Å². The maximum Gasteiger partial charge on any atom is 0.329 e. The van der Waals surface area contributed by atoms with Gasteiger partial charge in [0, 0.05) is 31.7 Å². The van der Waals surface area contributed by atoms with Gasteiger partial charge in [0.1, 0.15) is 0 Å². The lowest BCUT2D eigenvalue weighted by Gasteiger charge is -2.27. The summed E-state index contributed by atoms with van der Waals surface area (Å²) in [5.41, 5.74) is 3.65. The van der Waals surface area contributed by atoms with Gasteiger partial charge in [-0.1, -0.05) is 18.2 Å². The highest BCUT2D eigenvalue weighted by atomic mass is 16.5. The minimum atomic E-state index is -0.269. The second-order valence-electron chi connectivity index (χ2n) is 5.43. The van der Waals surface area contributed by atoms with Gasteiger partial charge in [0.05, 0.1) is 19.3 Å². The van der Waals surface area contributed by atoms with Crippen LogP contribution in [0.25, 0.3) is 0 Å². The average Bonchev–Trinajstić information content (AvgIpc) is 2.89. The van der Waals surface area contributed by atoms with Crippen molar-refractivity contribution in [2.45, 2.75) is 12.5 Å². The van der Waals surface area contributed by atoms with E-state index in [0.717, 1.165) is 5.69 Å². The molecule has 0 aliphatic carbocycles. The molecule has 2 N–H and O–H groups in total. The van der Waals surface area contributed by atoms with Crippen LogP contribution in [0, 0.1) is 0 Å². The predicted octanol–water partition coefficient (Wildman–Crippen LogP) is 0.338. The third-order valence-corrected chi connectivity index (χ3v) is 3.80. The lowest BCUT2D eigenvalue weighted by Crippen LogP contribution is -2.53. The first-order valence-corrected chi connectivity index (χ1v) is 7.47. The third kappa shape index (κ3) is 3.55. The van der Waals surface area contributed by atoms with Gasteiger partial charge >= 0.3 is 6.03 Å². The Morgan fingerprint density at radius 3 is 2.64 bits per heavy atom. The summed E-state index contributed by atoms with van der Waals surface area (Å²) in [4.78, 5) is 25.8. The highest BCUT2D eigenvalue weighted by Crippen LogP contribution is 2.20. The highest BCUT2D eigenvalue weighted by molar-refractivity contribution is 5.96. The van der Waals surface area contributed by atoms with Crippen molar-refractivity contribution in [2.75, 3.05) is 37.7 Å². The molecule has 0 unspecified atom stereocenters. The van der Waals surface area contributed by atoms with E-state index in [4.69, 9.17) is 4.74 Å².